The first-order valence-electron chi connectivity index (χ1n) is 10.5. The normalized spacial score (nSPS) is 24.0. The summed E-state index contributed by atoms with van der Waals surface area (Å²) in [4.78, 5) is 29.3. The van der Waals surface area contributed by atoms with Crippen molar-refractivity contribution >= 4 is 12.0 Å². The maximum absolute atomic E-state index is 12.7. The molecule has 2 aliphatic rings. The summed E-state index contributed by atoms with van der Waals surface area (Å²) in [7, 11) is 0. The zero-order chi connectivity index (χ0) is 20.2. The Morgan fingerprint density at radius 2 is 1.93 bits per heavy atom. The van der Waals surface area contributed by atoms with Crippen LogP contribution < -0.4 is 10.6 Å². The second kappa shape index (κ2) is 8.50. The second-order valence-corrected chi connectivity index (χ2v) is 9.27. The molecule has 6 heteroatoms. The topological polar surface area (TPSA) is 80.3 Å². The minimum atomic E-state index is -0.537. The van der Waals surface area contributed by atoms with Crippen molar-refractivity contribution in [3.05, 3.63) is 30.1 Å². The van der Waals surface area contributed by atoms with Gasteiger partial charge in [-0.3, -0.25) is 9.78 Å². The summed E-state index contributed by atoms with van der Waals surface area (Å²) in [6.45, 7) is 6.04. The zero-order valence-electron chi connectivity index (χ0n) is 17.3. The number of hydrogen-bond donors (Lipinski definition) is 2. The SMILES string of the molecule is CC(C)(C)OC(=O)NC1(CNC(=O)[C@H]2C[C@H]2c2cccnc2)CCCCCC1. The van der Waals surface area contributed by atoms with Crippen molar-refractivity contribution in [3.63, 3.8) is 0 Å². The van der Waals surface area contributed by atoms with Crippen LogP contribution in [0.3, 0.4) is 0 Å². The van der Waals surface area contributed by atoms with Crippen LogP contribution >= 0.6 is 0 Å². The van der Waals surface area contributed by atoms with E-state index in [2.05, 4.69) is 15.6 Å². The lowest BCUT2D eigenvalue weighted by molar-refractivity contribution is -0.122. The van der Waals surface area contributed by atoms with Crippen LogP contribution in [0.2, 0.25) is 0 Å². The molecule has 2 fully saturated rings. The Hall–Kier alpha value is -2.11. The number of alkyl carbamates (subject to hydrolysis) is 1. The number of nitrogens with one attached hydrogen (secondary N) is 2. The average molecular weight is 388 g/mol. The molecule has 2 aliphatic carbocycles. The quantitative estimate of drug-likeness (QED) is 0.751. The van der Waals surface area contributed by atoms with Crippen LogP contribution in [0.1, 0.15) is 77.2 Å². The lowest BCUT2D eigenvalue weighted by atomic mass is 9.90. The van der Waals surface area contributed by atoms with Crippen LogP contribution in [0, 0.1) is 5.92 Å². The van der Waals surface area contributed by atoms with Gasteiger partial charge in [-0.2, -0.15) is 0 Å². The molecular weight excluding hydrogens is 354 g/mol. The molecular formula is C22H33N3O3. The molecule has 3 rings (SSSR count). The fourth-order valence-electron chi connectivity index (χ4n) is 4.11. The summed E-state index contributed by atoms with van der Waals surface area (Å²) in [5, 5.41) is 6.22. The van der Waals surface area contributed by atoms with Crippen LogP contribution in [-0.4, -0.2) is 34.7 Å². The number of nitrogens with zero attached hydrogens (tertiary/aromatic N) is 1. The molecule has 2 amide bonds. The highest BCUT2D eigenvalue weighted by Crippen LogP contribution is 2.47. The highest BCUT2D eigenvalue weighted by Gasteiger charge is 2.45. The van der Waals surface area contributed by atoms with Gasteiger partial charge >= 0.3 is 6.09 Å². The van der Waals surface area contributed by atoms with E-state index >= 15 is 0 Å². The predicted molar refractivity (Wildman–Crippen MR) is 108 cm³/mol. The molecule has 0 aliphatic heterocycles. The minimum absolute atomic E-state index is 0.00792. The highest BCUT2D eigenvalue weighted by molar-refractivity contribution is 5.83. The van der Waals surface area contributed by atoms with Crippen LogP contribution in [-0.2, 0) is 9.53 Å². The Morgan fingerprint density at radius 1 is 1.21 bits per heavy atom. The van der Waals surface area contributed by atoms with E-state index in [1.165, 1.54) is 0 Å². The Balaban J connectivity index is 1.58. The molecule has 2 N–H and O–H groups in total. The van der Waals surface area contributed by atoms with Crippen molar-refractivity contribution in [2.24, 2.45) is 5.92 Å². The number of aromatic nitrogens is 1. The molecule has 1 aromatic rings. The molecule has 1 heterocycles. The summed E-state index contributed by atoms with van der Waals surface area (Å²) >= 11 is 0. The minimum Gasteiger partial charge on any atom is -0.444 e. The van der Waals surface area contributed by atoms with Gasteiger partial charge in [0.1, 0.15) is 5.60 Å². The molecule has 1 aromatic heterocycles. The molecule has 0 bridgehead atoms. The molecule has 28 heavy (non-hydrogen) atoms. The molecule has 0 saturated heterocycles. The van der Waals surface area contributed by atoms with Gasteiger partial charge < -0.3 is 15.4 Å². The van der Waals surface area contributed by atoms with Crippen LogP contribution in [0.15, 0.2) is 24.5 Å². The molecule has 0 spiro atoms. The molecule has 154 valence electrons. The van der Waals surface area contributed by atoms with Crippen LogP contribution in [0.5, 0.6) is 0 Å². The molecule has 2 atom stereocenters. The van der Waals surface area contributed by atoms with Gasteiger partial charge in [-0.15, -0.1) is 0 Å². The zero-order valence-corrected chi connectivity index (χ0v) is 17.3. The number of carbonyl (C=O) groups excluding carboxylic acids is 2. The van der Waals surface area contributed by atoms with Gasteiger partial charge in [-0.25, -0.2) is 4.79 Å². The van der Waals surface area contributed by atoms with E-state index < -0.39 is 17.2 Å². The first-order valence-corrected chi connectivity index (χ1v) is 10.5. The number of rotatable bonds is 5. The molecule has 2 saturated carbocycles. The lowest BCUT2D eigenvalue weighted by Crippen LogP contribution is -2.56. The van der Waals surface area contributed by atoms with E-state index in [1.807, 2.05) is 39.1 Å². The fourth-order valence-corrected chi connectivity index (χ4v) is 4.11. The van der Waals surface area contributed by atoms with E-state index in [0.717, 1.165) is 50.5 Å². The van der Waals surface area contributed by atoms with Gasteiger partial charge in [-0.1, -0.05) is 31.7 Å². The molecule has 6 nitrogen and oxygen atoms in total. The summed E-state index contributed by atoms with van der Waals surface area (Å²) in [6.07, 6.45) is 10.2. The van der Waals surface area contributed by atoms with Gasteiger partial charge in [0.15, 0.2) is 0 Å². The summed E-state index contributed by atoms with van der Waals surface area (Å²) in [5.74, 6) is 0.342. The lowest BCUT2D eigenvalue weighted by Gasteiger charge is -2.35. The third-order valence-electron chi connectivity index (χ3n) is 5.67. The smallest absolute Gasteiger partial charge is 0.408 e. The van der Waals surface area contributed by atoms with Gasteiger partial charge in [-0.05, 0) is 57.6 Å². The Morgan fingerprint density at radius 3 is 2.54 bits per heavy atom. The van der Waals surface area contributed by atoms with Crippen LogP contribution in [0.25, 0.3) is 0 Å². The number of carbonyl (C=O) groups is 2. The first-order chi connectivity index (χ1) is 13.3. The number of ether oxygens (including phenoxy) is 1. The largest absolute Gasteiger partial charge is 0.444 e. The van der Waals surface area contributed by atoms with E-state index in [4.69, 9.17) is 4.74 Å². The second-order valence-electron chi connectivity index (χ2n) is 9.27. The number of hydrogen-bond acceptors (Lipinski definition) is 4. The predicted octanol–water partition coefficient (Wildman–Crippen LogP) is 3.92. The van der Waals surface area contributed by atoms with Crippen molar-refractivity contribution < 1.29 is 14.3 Å². The van der Waals surface area contributed by atoms with E-state index in [1.54, 1.807) is 6.20 Å². The fraction of sp³-hybridized carbons (Fsp3) is 0.682. The highest BCUT2D eigenvalue weighted by atomic mass is 16.6. The van der Waals surface area contributed by atoms with Crippen molar-refractivity contribution in [1.82, 2.24) is 15.6 Å². The van der Waals surface area contributed by atoms with Crippen molar-refractivity contribution in [3.8, 4) is 0 Å². The maximum atomic E-state index is 12.7. The standard InChI is InChI=1S/C22H33N3O3/c1-21(2,3)28-20(27)25-22(10-6-4-5-7-11-22)15-24-19(26)18-13-17(18)16-9-8-12-23-14-16/h8-9,12,14,17-18H,4-7,10-11,13,15H2,1-3H3,(H,24,26)(H,25,27)/t17-,18-/m0/s1. The molecule has 0 aromatic carbocycles. The number of amides is 2. The third-order valence-corrected chi connectivity index (χ3v) is 5.67. The Labute approximate surface area is 167 Å². The Kier molecular flexibility index (Phi) is 6.26. The summed E-state index contributed by atoms with van der Waals surface area (Å²) in [5.41, 5.74) is 0.163. The number of pyridine rings is 1. The summed E-state index contributed by atoms with van der Waals surface area (Å²) < 4.78 is 5.48. The molecule has 0 radical (unpaired) electrons. The summed E-state index contributed by atoms with van der Waals surface area (Å²) in [6, 6.07) is 3.94. The van der Waals surface area contributed by atoms with Crippen LogP contribution in [0.4, 0.5) is 4.79 Å². The van der Waals surface area contributed by atoms with E-state index in [-0.39, 0.29) is 17.7 Å². The van der Waals surface area contributed by atoms with E-state index in [9.17, 15) is 9.59 Å². The molecule has 0 unspecified atom stereocenters. The van der Waals surface area contributed by atoms with Crippen molar-refractivity contribution in [2.45, 2.75) is 82.8 Å². The third kappa shape index (κ3) is 5.69. The average Bonchev–Trinajstić information content (AvgIpc) is 3.44. The van der Waals surface area contributed by atoms with E-state index in [0.29, 0.717) is 6.54 Å². The van der Waals surface area contributed by atoms with Gasteiger partial charge in [0.05, 0.1) is 5.54 Å². The monoisotopic (exact) mass is 387 g/mol. The van der Waals surface area contributed by atoms with Gasteiger partial charge in [0.2, 0.25) is 5.91 Å². The van der Waals surface area contributed by atoms with Crippen molar-refractivity contribution in [2.75, 3.05) is 6.54 Å². The van der Waals surface area contributed by atoms with Crippen molar-refractivity contribution in [1.29, 1.82) is 0 Å². The first kappa shape index (κ1) is 20.6. The van der Waals surface area contributed by atoms with Gasteiger partial charge in [0, 0.05) is 24.9 Å². The van der Waals surface area contributed by atoms with Gasteiger partial charge in [0.25, 0.3) is 0 Å². The Bertz CT molecular complexity index is 676. The maximum Gasteiger partial charge on any atom is 0.408 e.